The summed E-state index contributed by atoms with van der Waals surface area (Å²) in [5, 5.41) is 3.74. The van der Waals surface area contributed by atoms with Gasteiger partial charge in [-0.05, 0) is 51.5 Å². The van der Waals surface area contributed by atoms with Gasteiger partial charge < -0.3 is 29.1 Å². The first-order valence-electron chi connectivity index (χ1n) is 16.8. The molecule has 1 saturated heterocycles. The zero-order chi connectivity index (χ0) is 35.6. The van der Waals surface area contributed by atoms with Gasteiger partial charge in [-0.3, -0.25) is 9.59 Å². The van der Waals surface area contributed by atoms with Gasteiger partial charge in [0.25, 0.3) is 5.91 Å². The van der Waals surface area contributed by atoms with Gasteiger partial charge in [-0.2, -0.15) is 0 Å². The van der Waals surface area contributed by atoms with Crippen LogP contribution in [0.3, 0.4) is 0 Å². The number of hydrogen-bond donors (Lipinski definition) is 0. The van der Waals surface area contributed by atoms with Gasteiger partial charge in [0.15, 0.2) is 0 Å². The van der Waals surface area contributed by atoms with E-state index in [-0.39, 0.29) is 17.9 Å². The van der Waals surface area contributed by atoms with Crippen LogP contribution in [0, 0.1) is 0 Å². The van der Waals surface area contributed by atoms with Crippen LogP contribution in [-0.2, 0) is 16.0 Å². The molecule has 2 aromatic carbocycles. The third-order valence-corrected chi connectivity index (χ3v) is 10.7. The number of carbonyl (C=O) groups excluding carboxylic acids is 3. The fraction of sp³-hybridized carbons (Fsp3) is 0.432. The summed E-state index contributed by atoms with van der Waals surface area (Å²) < 4.78 is 12.4. The van der Waals surface area contributed by atoms with E-state index in [1.807, 2.05) is 55.3 Å². The van der Waals surface area contributed by atoms with Gasteiger partial charge in [-0.15, -0.1) is 22.7 Å². The van der Waals surface area contributed by atoms with Crippen LogP contribution in [0.4, 0.5) is 10.5 Å². The standard InChI is InChI=1S/C37H44N6O5S2/c1-37(2,3)48-36(46)42-17-15-41(16-18-42)26-9-10-27(29(22-26)47-6)28-20-25(35(45)40(4)5)21-30-33(28)39-34(50-30)24-8-7-14-43(23-24)32(44)12-11-31-38-13-19-49-31/h8-10,13,19-22H,7,11-12,14-18,23H2,1-6H3. The molecule has 13 heteroatoms. The lowest BCUT2D eigenvalue weighted by Gasteiger charge is -2.37. The summed E-state index contributed by atoms with van der Waals surface area (Å²) in [4.78, 5) is 56.0. The first-order valence-corrected chi connectivity index (χ1v) is 18.5. The van der Waals surface area contributed by atoms with E-state index in [9.17, 15) is 14.4 Å². The molecule has 2 aliphatic heterocycles. The number of aryl methyl sites for hydroxylation is 1. The van der Waals surface area contributed by atoms with E-state index in [0.717, 1.165) is 49.0 Å². The monoisotopic (exact) mass is 716 g/mol. The predicted octanol–water partition coefficient (Wildman–Crippen LogP) is 6.44. The van der Waals surface area contributed by atoms with E-state index in [0.29, 0.717) is 63.4 Å². The van der Waals surface area contributed by atoms with Crippen molar-refractivity contribution in [3.05, 3.63) is 63.6 Å². The number of rotatable bonds is 8. The van der Waals surface area contributed by atoms with Crippen LogP contribution >= 0.6 is 22.7 Å². The number of piperazine rings is 1. The summed E-state index contributed by atoms with van der Waals surface area (Å²) in [5.41, 5.74) is 4.44. The first-order chi connectivity index (χ1) is 23.9. The van der Waals surface area contributed by atoms with E-state index in [1.54, 1.807) is 48.5 Å². The van der Waals surface area contributed by atoms with Crippen LogP contribution in [0.5, 0.6) is 5.75 Å². The van der Waals surface area contributed by atoms with Crippen molar-refractivity contribution in [1.29, 1.82) is 0 Å². The lowest BCUT2D eigenvalue weighted by atomic mass is 9.99. The molecule has 2 aromatic heterocycles. The summed E-state index contributed by atoms with van der Waals surface area (Å²) >= 11 is 3.11. The molecule has 0 bridgehead atoms. The van der Waals surface area contributed by atoms with E-state index in [4.69, 9.17) is 14.5 Å². The number of nitrogens with zero attached hydrogens (tertiary/aromatic N) is 6. The molecule has 0 saturated carbocycles. The molecular weight excluding hydrogens is 673 g/mol. The van der Waals surface area contributed by atoms with Crippen molar-refractivity contribution in [3.63, 3.8) is 0 Å². The molecule has 0 unspecified atom stereocenters. The second-order valence-corrected chi connectivity index (χ2v) is 15.7. The van der Waals surface area contributed by atoms with Crippen molar-refractivity contribution in [2.75, 3.05) is 65.4 Å². The molecule has 11 nitrogen and oxygen atoms in total. The molecule has 0 aliphatic carbocycles. The maximum atomic E-state index is 13.3. The number of hydrogen-bond acceptors (Lipinski definition) is 10. The van der Waals surface area contributed by atoms with Gasteiger partial charge in [-0.1, -0.05) is 6.08 Å². The lowest BCUT2D eigenvalue weighted by molar-refractivity contribution is -0.130. The number of anilines is 1. The summed E-state index contributed by atoms with van der Waals surface area (Å²) in [6.45, 7) is 9.22. The molecule has 0 radical (unpaired) electrons. The Labute approximate surface area is 301 Å². The Balaban J connectivity index is 1.27. The number of ether oxygens (including phenoxy) is 2. The Hall–Kier alpha value is -4.49. The number of thiazole rings is 2. The van der Waals surface area contributed by atoms with Crippen molar-refractivity contribution in [1.82, 2.24) is 24.7 Å². The minimum absolute atomic E-state index is 0.101. The fourth-order valence-corrected chi connectivity index (χ4v) is 7.87. The van der Waals surface area contributed by atoms with Crippen LogP contribution < -0.4 is 9.64 Å². The molecule has 264 valence electrons. The Kier molecular flexibility index (Phi) is 10.4. The SMILES string of the molecule is COc1cc(N2CCN(C(=O)OC(C)(C)C)CC2)ccc1-c1cc(C(=O)N(C)C)cc2sc(C3=CCCN(C(=O)CCc4nccs4)C3)nc12. The van der Waals surface area contributed by atoms with Gasteiger partial charge in [0, 0.05) is 112 Å². The van der Waals surface area contributed by atoms with Crippen LogP contribution in [0.15, 0.2) is 48.0 Å². The Morgan fingerprint density at radius 2 is 1.76 bits per heavy atom. The number of aromatic nitrogens is 2. The second-order valence-electron chi connectivity index (χ2n) is 13.7. The van der Waals surface area contributed by atoms with E-state index in [1.165, 1.54) is 11.3 Å². The number of fused-ring (bicyclic) bond motifs is 1. The number of benzene rings is 2. The van der Waals surface area contributed by atoms with Crippen LogP contribution in [-0.4, -0.2) is 109 Å². The highest BCUT2D eigenvalue weighted by Gasteiger charge is 2.27. The van der Waals surface area contributed by atoms with E-state index >= 15 is 0 Å². The predicted molar refractivity (Wildman–Crippen MR) is 199 cm³/mol. The maximum absolute atomic E-state index is 13.3. The summed E-state index contributed by atoms with van der Waals surface area (Å²) in [7, 11) is 5.14. The normalized spacial score (nSPS) is 15.2. The minimum Gasteiger partial charge on any atom is -0.496 e. The molecule has 4 heterocycles. The zero-order valence-electron chi connectivity index (χ0n) is 29.5. The van der Waals surface area contributed by atoms with Gasteiger partial charge in [0.1, 0.15) is 16.4 Å². The molecule has 6 rings (SSSR count). The van der Waals surface area contributed by atoms with Gasteiger partial charge in [-0.25, -0.2) is 14.8 Å². The minimum atomic E-state index is -0.537. The molecule has 0 N–H and O–H groups in total. The van der Waals surface area contributed by atoms with Gasteiger partial charge in [0.05, 0.1) is 22.3 Å². The second kappa shape index (κ2) is 14.8. The summed E-state index contributed by atoms with van der Waals surface area (Å²) in [6.07, 6.45) is 5.47. The highest BCUT2D eigenvalue weighted by atomic mass is 32.1. The third kappa shape index (κ3) is 7.94. The molecule has 0 spiro atoms. The van der Waals surface area contributed by atoms with Gasteiger partial charge in [0.2, 0.25) is 5.91 Å². The number of carbonyl (C=O) groups is 3. The van der Waals surface area contributed by atoms with Crippen molar-refractivity contribution in [2.45, 2.75) is 45.6 Å². The molecule has 3 amide bonds. The van der Waals surface area contributed by atoms with E-state index in [2.05, 4.69) is 22.0 Å². The molecular formula is C37H44N6O5S2. The number of amides is 3. The zero-order valence-corrected chi connectivity index (χ0v) is 31.2. The highest BCUT2D eigenvalue weighted by Crippen LogP contribution is 2.41. The maximum Gasteiger partial charge on any atom is 0.410 e. The van der Waals surface area contributed by atoms with Crippen LogP contribution in [0.25, 0.3) is 26.9 Å². The van der Waals surface area contributed by atoms with Crippen LogP contribution in [0.2, 0.25) is 0 Å². The Morgan fingerprint density at radius 1 is 0.980 bits per heavy atom. The highest BCUT2D eigenvalue weighted by molar-refractivity contribution is 7.19. The Bertz CT molecular complexity index is 1900. The molecule has 4 aromatic rings. The van der Waals surface area contributed by atoms with Gasteiger partial charge >= 0.3 is 6.09 Å². The largest absolute Gasteiger partial charge is 0.496 e. The lowest BCUT2D eigenvalue weighted by Crippen LogP contribution is -2.50. The molecule has 1 fully saturated rings. The molecule has 0 atom stereocenters. The molecule has 2 aliphatic rings. The first kappa shape index (κ1) is 35.3. The fourth-order valence-electron chi connectivity index (χ4n) is 6.19. The van der Waals surface area contributed by atoms with Crippen LogP contribution in [0.1, 0.15) is 54.0 Å². The summed E-state index contributed by atoms with van der Waals surface area (Å²) in [6, 6.07) is 9.90. The van der Waals surface area contributed by atoms with Crippen molar-refractivity contribution in [2.24, 2.45) is 0 Å². The third-order valence-electron chi connectivity index (χ3n) is 8.73. The topological polar surface area (TPSA) is 108 Å². The van der Waals surface area contributed by atoms with Crippen molar-refractivity contribution < 1.29 is 23.9 Å². The quantitative estimate of drug-likeness (QED) is 0.205. The average Bonchev–Trinajstić information content (AvgIpc) is 3.79. The number of methoxy groups -OCH3 is 1. The Morgan fingerprint density at radius 3 is 2.44 bits per heavy atom. The van der Waals surface area contributed by atoms with E-state index < -0.39 is 5.60 Å². The summed E-state index contributed by atoms with van der Waals surface area (Å²) in [5.74, 6) is 0.675. The van der Waals surface area contributed by atoms with Crippen molar-refractivity contribution in [3.8, 4) is 16.9 Å². The van der Waals surface area contributed by atoms with Crippen molar-refractivity contribution >= 4 is 62.1 Å². The smallest absolute Gasteiger partial charge is 0.410 e. The molecule has 50 heavy (non-hydrogen) atoms. The average molecular weight is 717 g/mol.